The Morgan fingerprint density at radius 1 is 1.20 bits per heavy atom. The van der Waals surface area contributed by atoms with E-state index in [0.717, 1.165) is 5.92 Å². The van der Waals surface area contributed by atoms with Crippen LogP contribution >= 0.6 is 0 Å². The minimum absolute atomic E-state index is 0.949. The summed E-state index contributed by atoms with van der Waals surface area (Å²) in [6, 6.07) is 0. The fourth-order valence-electron chi connectivity index (χ4n) is 2.17. The van der Waals surface area contributed by atoms with Gasteiger partial charge in [-0.3, -0.25) is 0 Å². The Labute approximate surface area is 95.5 Å². The van der Waals surface area contributed by atoms with Crippen LogP contribution in [0.2, 0.25) is 0 Å². The van der Waals surface area contributed by atoms with Crippen LogP contribution in [0.25, 0.3) is 0 Å². The van der Waals surface area contributed by atoms with Crippen molar-refractivity contribution in [3.63, 3.8) is 0 Å². The van der Waals surface area contributed by atoms with Gasteiger partial charge in [-0.25, -0.2) is 0 Å². The van der Waals surface area contributed by atoms with Crippen LogP contribution in [0.15, 0.2) is 23.8 Å². The third-order valence-corrected chi connectivity index (χ3v) is 3.37. The van der Waals surface area contributed by atoms with Gasteiger partial charge in [-0.05, 0) is 57.3 Å². The number of rotatable bonds is 1. The lowest BCUT2D eigenvalue weighted by molar-refractivity contribution is 0.527. The second-order valence-electron chi connectivity index (χ2n) is 4.85. The molecule has 2 aliphatic carbocycles. The van der Waals surface area contributed by atoms with Crippen molar-refractivity contribution < 1.29 is 0 Å². The van der Waals surface area contributed by atoms with Crippen molar-refractivity contribution in [3.8, 4) is 0 Å². The minimum atomic E-state index is 0.949. The Kier molecular flexibility index (Phi) is 6.47. The van der Waals surface area contributed by atoms with Gasteiger partial charge in [0.15, 0.2) is 0 Å². The number of hydrogen-bond donors (Lipinski definition) is 0. The molecule has 15 heavy (non-hydrogen) atoms. The summed E-state index contributed by atoms with van der Waals surface area (Å²) in [5.41, 5.74) is 1.68. The predicted octanol–water partition coefficient (Wildman–Crippen LogP) is 5.26. The van der Waals surface area contributed by atoms with Gasteiger partial charge in [0.05, 0.1) is 0 Å². The smallest absolute Gasteiger partial charge is 0.0320 e. The normalized spacial score (nSPS) is 25.2. The van der Waals surface area contributed by atoms with E-state index in [0.29, 0.717) is 0 Å². The summed E-state index contributed by atoms with van der Waals surface area (Å²) < 4.78 is 0. The van der Waals surface area contributed by atoms with E-state index < -0.39 is 0 Å². The second kappa shape index (κ2) is 7.73. The highest BCUT2D eigenvalue weighted by molar-refractivity contribution is 5.03. The largest absolute Gasteiger partial charge is 0.0885 e. The summed E-state index contributed by atoms with van der Waals surface area (Å²) in [4.78, 5) is 0. The lowest BCUT2D eigenvalue weighted by Crippen LogP contribution is -1.94. The Morgan fingerprint density at radius 2 is 2.07 bits per heavy atom. The van der Waals surface area contributed by atoms with Crippen molar-refractivity contribution in [2.75, 3.05) is 0 Å². The van der Waals surface area contributed by atoms with Gasteiger partial charge in [0.1, 0.15) is 0 Å². The molecule has 2 aliphatic rings. The first-order valence-electron chi connectivity index (χ1n) is 6.65. The van der Waals surface area contributed by atoms with Crippen molar-refractivity contribution in [2.45, 2.75) is 65.2 Å². The van der Waals surface area contributed by atoms with E-state index in [1.807, 2.05) is 0 Å². The van der Waals surface area contributed by atoms with E-state index in [1.165, 1.54) is 51.4 Å². The average Bonchev–Trinajstić information content (AvgIpc) is 2.32. The molecule has 0 saturated heterocycles. The van der Waals surface area contributed by atoms with Crippen LogP contribution in [0.5, 0.6) is 0 Å². The van der Waals surface area contributed by atoms with Crippen LogP contribution in [0.1, 0.15) is 65.2 Å². The van der Waals surface area contributed by atoms with E-state index in [2.05, 4.69) is 32.1 Å². The molecule has 0 N–H and O–H groups in total. The summed E-state index contributed by atoms with van der Waals surface area (Å²) in [7, 11) is 0. The highest BCUT2D eigenvalue weighted by atomic mass is 14.1. The summed E-state index contributed by atoms with van der Waals surface area (Å²) in [5, 5.41) is 0. The van der Waals surface area contributed by atoms with Crippen molar-refractivity contribution in [1.82, 2.24) is 0 Å². The summed E-state index contributed by atoms with van der Waals surface area (Å²) >= 11 is 0. The molecule has 0 spiro atoms. The summed E-state index contributed by atoms with van der Waals surface area (Å²) in [5.74, 6) is 0.949. The Bertz CT molecular complexity index is 210. The third kappa shape index (κ3) is 5.81. The van der Waals surface area contributed by atoms with E-state index in [-0.39, 0.29) is 0 Å². The SMILES string of the molecule is CC1CC=CCC1.CCC1=CCCCC1. The Hall–Kier alpha value is -0.520. The Morgan fingerprint density at radius 3 is 2.40 bits per heavy atom. The van der Waals surface area contributed by atoms with E-state index >= 15 is 0 Å². The molecule has 1 unspecified atom stereocenters. The second-order valence-corrected chi connectivity index (χ2v) is 4.85. The quantitative estimate of drug-likeness (QED) is 0.513. The highest BCUT2D eigenvalue weighted by Crippen LogP contribution is 2.19. The zero-order valence-corrected chi connectivity index (χ0v) is 10.5. The van der Waals surface area contributed by atoms with E-state index in [4.69, 9.17) is 0 Å². The van der Waals surface area contributed by atoms with Crippen LogP contribution in [0, 0.1) is 5.92 Å². The first-order chi connectivity index (χ1) is 7.33. The number of hydrogen-bond acceptors (Lipinski definition) is 0. The van der Waals surface area contributed by atoms with Gasteiger partial charge in [0, 0.05) is 0 Å². The zero-order valence-electron chi connectivity index (χ0n) is 10.5. The molecule has 2 rings (SSSR count). The fourth-order valence-corrected chi connectivity index (χ4v) is 2.17. The van der Waals surface area contributed by atoms with Crippen LogP contribution in [0.4, 0.5) is 0 Å². The maximum Gasteiger partial charge on any atom is -0.0320 e. The van der Waals surface area contributed by atoms with Gasteiger partial charge in [0.2, 0.25) is 0 Å². The van der Waals surface area contributed by atoms with Gasteiger partial charge < -0.3 is 0 Å². The third-order valence-electron chi connectivity index (χ3n) is 3.37. The molecule has 0 aromatic carbocycles. The van der Waals surface area contributed by atoms with Crippen molar-refractivity contribution >= 4 is 0 Å². The molecule has 0 radical (unpaired) electrons. The molecule has 0 heteroatoms. The predicted molar refractivity (Wildman–Crippen MR) is 69.0 cm³/mol. The molecule has 0 saturated carbocycles. The van der Waals surface area contributed by atoms with Crippen molar-refractivity contribution in [3.05, 3.63) is 23.8 Å². The summed E-state index contributed by atoms with van der Waals surface area (Å²) in [6.07, 6.45) is 17.8. The van der Waals surface area contributed by atoms with Crippen LogP contribution < -0.4 is 0 Å². The average molecular weight is 206 g/mol. The lowest BCUT2D eigenvalue weighted by atomic mass is 9.97. The monoisotopic (exact) mass is 206 g/mol. The molecule has 0 nitrogen and oxygen atoms in total. The Balaban J connectivity index is 0.000000151. The maximum atomic E-state index is 2.41. The van der Waals surface area contributed by atoms with Gasteiger partial charge in [-0.1, -0.05) is 37.6 Å². The zero-order chi connectivity index (χ0) is 10.9. The highest BCUT2D eigenvalue weighted by Gasteiger charge is 2.00. The molecule has 1 atom stereocenters. The molecular weight excluding hydrogens is 180 g/mol. The van der Waals surface area contributed by atoms with Gasteiger partial charge in [0.25, 0.3) is 0 Å². The van der Waals surface area contributed by atoms with Gasteiger partial charge in [-0.2, -0.15) is 0 Å². The molecule has 86 valence electrons. The van der Waals surface area contributed by atoms with Crippen molar-refractivity contribution in [2.24, 2.45) is 5.92 Å². The molecule has 0 aliphatic heterocycles. The van der Waals surface area contributed by atoms with E-state index in [1.54, 1.807) is 5.57 Å². The molecule has 0 amide bonds. The van der Waals surface area contributed by atoms with Gasteiger partial charge >= 0.3 is 0 Å². The number of allylic oxidation sites excluding steroid dienone is 4. The topological polar surface area (TPSA) is 0 Å². The molecule has 0 bridgehead atoms. The maximum absolute atomic E-state index is 2.41. The molecular formula is C15H26. The van der Waals surface area contributed by atoms with Gasteiger partial charge in [-0.15, -0.1) is 0 Å². The molecule has 0 aromatic heterocycles. The molecule has 0 aromatic rings. The summed E-state index contributed by atoms with van der Waals surface area (Å²) in [6.45, 7) is 4.56. The first kappa shape index (κ1) is 12.5. The van der Waals surface area contributed by atoms with Crippen LogP contribution in [0.3, 0.4) is 0 Å². The minimum Gasteiger partial charge on any atom is -0.0885 e. The van der Waals surface area contributed by atoms with Crippen LogP contribution in [-0.2, 0) is 0 Å². The molecule has 0 heterocycles. The lowest BCUT2D eigenvalue weighted by Gasteiger charge is -2.09. The van der Waals surface area contributed by atoms with E-state index in [9.17, 15) is 0 Å². The molecule has 0 fully saturated rings. The fraction of sp³-hybridized carbons (Fsp3) is 0.733. The van der Waals surface area contributed by atoms with Crippen LogP contribution in [-0.4, -0.2) is 0 Å². The first-order valence-corrected chi connectivity index (χ1v) is 6.65. The van der Waals surface area contributed by atoms with Crippen molar-refractivity contribution in [1.29, 1.82) is 0 Å². The standard InChI is InChI=1S/C8H14.C7H12/c1-2-8-6-4-3-5-7-8;1-7-5-3-2-4-6-7/h6H,2-5,7H2,1H3;2-3,7H,4-6H2,1H3.